The monoisotopic (exact) mass is 299 g/mol. The average molecular weight is 299 g/mol. The van der Waals surface area contributed by atoms with E-state index in [4.69, 9.17) is 9.47 Å². The molecular formula is C17H21N3O2. The average Bonchev–Trinajstić information content (AvgIpc) is 2.97. The van der Waals surface area contributed by atoms with Gasteiger partial charge in [0.1, 0.15) is 0 Å². The summed E-state index contributed by atoms with van der Waals surface area (Å²) in [7, 11) is 1.75. The molecule has 1 aromatic heterocycles. The highest BCUT2D eigenvalue weighted by Gasteiger charge is 2.53. The largest absolute Gasteiger partial charge is 0.384 e. The van der Waals surface area contributed by atoms with Gasteiger partial charge in [0.05, 0.1) is 18.4 Å². The van der Waals surface area contributed by atoms with Crippen molar-refractivity contribution in [3.8, 4) is 0 Å². The van der Waals surface area contributed by atoms with Crippen LogP contribution in [0.25, 0.3) is 10.8 Å². The predicted octanol–water partition coefficient (Wildman–Crippen LogP) is 2.40. The molecule has 2 fully saturated rings. The van der Waals surface area contributed by atoms with Crippen LogP contribution in [0.2, 0.25) is 0 Å². The zero-order valence-corrected chi connectivity index (χ0v) is 13.0. The zero-order chi connectivity index (χ0) is 15.1. The Morgan fingerprint density at radius 3 is 2.91 bits per heavy atom. The molecule has 2 aliphatic rings. The molecule has 1 aliphatic carbocycles. The minimum atomic E-state index is 0.335. The molecule has 5 nitrogen and oxygen atoms in total. The summed E-state index contributed by atoms with van der Waals surface area (Å²) in [6.07, 6.45) is 1.45. The van der Waals surface area contributed by atoms with Gasteiger partial charge >= 0.3 is 0 Å². The predicted molar refractivity (Wildman–Crippen MR) is 84.9 cm³/mol. The molecule has 2 aromatic rings. The quantitative estimate of drug-likeness (QED) is 0.939. The summed E-state index contributed by atoms with van der Waals surface area (Å²) in [6, 6.07) is 8.64. The fourth-order valence-corrected chi connectivity index (χ4v) is 3.94. The second-order valence-corrected chi connectivity index (χ2v) is 6.26. The Bertz CT molecular complexity index is 691. The summed E-state index contributed by atoms with van der Waals surface area (Å²) in [5.41, 5.74) is 0.963. The van der Waals surface area contributed by atoms with Gasteiger partial charge < -0.3 is 14.8 Å². The van der Waals surface area contributed by atoms with E-state index in [1.54, 1.807) is 7.11 Å². The van der Waals surface area contributed by atoms with Crippen molar-refractivity contribution in [2.45, 2.75) is 25.5 Å². The van der Waals surface area contributed by atoms with Gasteiger partial charge in [0.2, 0.25) is 0 Å². The molecule has 2 heterocycles. The Morgan fingerprint density at radius 2 is 2.09 bits per heavy atom. The Balaban J connectivity index is 1.64. The van der Waals surface area contributed by atoms with E-state index in [2.05, 4.69) is 27.6 Å². The number of hydrogen-bond donors (Lipinski definition) is 1. The van der Waals surface area contributed by atoms with E-state index >= 15 is 0 Å². The normalized spacial score (nSPS) is 30.1. The lowest BCUT2D eigenvalue weighted by atomic mass is 9.67. The number of benzene rings is 1. The van der Waals surface area contributed by atoms with Crippen LogP contribution in [0.1, 0.15) is 12.1 Å². The fraction of sp³-hybridized carbons (Fsp3) is 0.529. The number of ether oxygens (including phenoxy) is 2. The molecule has 0 unspecified atom stereocenters. The van der Waals surface area contributed by atoms with Gasteiger partial charge in [-0.15, -0.1) is 5.10 Å². The molecule has 0 radical (unpaired) electrons. The van der Waals surface area contributed by atoms with E-state index in [-0.39, 0.29) is 0 Å². The molecule has 4 atom stereocenters. The van der Waals surface area contributed by atoms with E-state index in [0.717, 1.165) is 41.9 Å². The minimum Gasteiger partial charge on any atom is -0.384 e. The Hall–Kier alpha value is -1.72. The summed E-state index contributed by atoms with van der Waals surface area (Å²) in [6.45, 7) is 3.57. The number of aryl methyl sites for hydroxylation is 1. The standard InChI is InChI=1S/C17H21N3O2/c1-10-11-5-3-4-6-12(11)17(20-19-10)18-15-13-7-8-22-16(13)14(15)9-21-2/h3-6,13-16H,7-9H2,1-2H3,(H,18,20)/t13-,14+,15-,16-/m1/s1. The molecule has 0 spiro atoms. The summed E-state index contributed by atoms with van der Waals surface area (Å²) >= 11 is 0. The van der Waals surface area contributed by atoms with Crippen molar-refractivity contribution >= 4 is 16.6 Å². The highest BCUT2D eigenvalue weighted by atomic mass is 16.5. The maximum absolute atomic E-state index is 5.84. The van der Waals surface area contributed by atoms with Crippen LogP contribution in [0.4, 0.5) is 5.82 Å². The number of nitrogens with zero attached hydrogens (tertiary/aromatic N) is 2. The molecule has 116 valence electrons. The fourth-order valence-electron chi connectivity index (χ4n) is 3.94. The Labute approximate surface area is 130 Å². The number of hydrogen-bond acceptors (Lipinski definition) is 5. The molecule has 22 heavy (non-hydrogen) atoms. The molecule has 5 heteroatoms. The van der Waals surface area contributed by atoms with Crippen molar-refractivity contribution in [3.05, 3.63) is 30.0 Å². The van der Waals surface area contributed by atoms with Gasteiger partial charge in [-0.1, -0.05) is 24.3 Å². The van der Waals surface area contributed by atoms with E-state index in [1.807, 2.05) is 19.1 Å². The van der Waals surface area contributed by atoms with E-state index in [0.29, 0.717) is 24.0 Å². The third-order valence-electron chi connectivity index (χ3n) is 5.06. The number of fused-ring (bicyclic) bond motifs is 2. The first kappa shape index (κ1) is 13.9. The maximum atomic E-state index is 5.84. The third kappa shape index (κ3) is 2.08. The van der Waals surface area contributed by atoms with Crippen molar-refractivity contribution in [1.29, 1.82) is 0 Å². The van der Waals surface area contributed by atoms with Gasteiger partial charge in [-0.05, 0) is 13.3 Å². The lowest BCUT2D eigenvalue weighted by Gasteiger charge is -2.47. The van der Waals surface area contributed by atoms with Crippen LogP contribution in [0.15, 0.2) is 24.3 Å². The van der Waals surface area contributed by atoms with Crippen LogP contribution in [0, 0.1) is 18.8 Å². The third-order valence-corrected chi connectivity index (χ3v) is 5.06. The van der Waals surface area contributed by atoms with Crippen LogP contribution in [0.3, 0.4) is 0 Å². The van der Waals surface area contributed by atoms with Crippen LogP contribution >= 0.6 is 0 Å². The number of rotatable bonds is 4. The van der Waals surface area contributed by atoms with Crippen LogP contribution in [0.5, 0.6) is 0 Å². The molecule has 1 saturated carbocycles. The molecular weight excluding hydrogens is 278 g/mol. The first-order valence-electron chi connectivity index (χ1n) is 7.88. The maximum Gasteiger partial charge on any atom is 0.156 e. The highest BCUT2D eigenvalue weighted by molar-refractivity contribution is 5.93. The lowest BCUT2D eigenvalue weighted by Crippen LogP contribution is -2.58. The molecule has 1 aliphatic heterocycles. The van der Waals surface area contributed by atoms with Gasteiger partial charge in [0.25, 0.3) is 0 Å². The minimum absolute atomic E-state index is 0.335. The smallest absolute Gasteiger partial charge is 0.156 e. The van der Waals surface area contributed by atoms with Crippen LogP contribution in [-0.2, 0) is 9.47 Å². The zero-order valence-electron chi connectivity index (χ0n) is 13.0. The van der Waals surface area contributed by atoms with Gasteiger partial charge in [0, 0.05) is 42.4 Å². The SMILES string of the molecule is COC[C@H]1[C@H](Nc2nnc(C)c3ccccc23)[C@H]2CCO[C@H]21. The number of nitrogens with one attached hydrogen (secondary N) is 1. The summed E-state index contributed by atoms with van der Waals surface area (Å²) < 4.78 is 11.2. The molecule has 1 saturated heterocycles. The first-order chi connectivity index (χ1) is 10.8. The molecule has 1 N–H and O–H groups in total. The summed E-state index contributed by atoms with van der Waals surface area (Å²) in [5.74, 6) is 1.82. The lowest BCUT2D eigenvalue weighted by molar-refractivity contribution is -0.0667. The van der Waals surface area contributed by atoms with Gasteiger partial charge in [-0.25, -0.2) is 0 Å². The molecule has 1 aromatic carbocycles. The highest BCUT2D eigenvalue weighted by Crippen LogP contribution is 2.45. The van der Waals surface area contributed by atoms with E-state index in [9.17, 15) is 0 Å². The summed E-state index contributed by atoms with van der Waals surface area (Å²) in [4.78, 5) is 0. The first-order valence-corrected chi connectivity index (χ1v) is 7.88. The number of anilines is 1. The Kier molecular flexibility index (Phi) is 3.47. The number of methoxy groups -OCH3 is 1. The van der Waals surface area contributed by atoms with Crippen LogP contribution < -0.4 is 5.32 Å². The van der Waals surface area contributed by atoms with Gasteiger partial charge in [-0.3, -0.25) is 0 Å². The van der Waals surface area contributed by atoms with E-state index in [1.165, 1.54) is 0 Å². The van der Waals surface area contributed by atoms with Gasteiger partial charge in [-0.2, -0.15) is 5.10 Å². The molecule has 0 bridgehead atoms. The molecule has 4 rings (SSSR count). The molecule has 0 amide bonds. The number of aromatic nitrogens is 2. The van der Waals surface area contributed by atoms with Crippen molar-refractivity contribution in [2.24, 2.45) is 11.8 Å². The second kappa shape index (κ2) is 5.48. The van der Waals surface area contributed by atoms with Gasteiger partial charge in [0.15, 0.2) is 5.82 Å². The topological polar surface area (TPSA) is 56.3 Å². The van der Waals surface area contributed by atoms with Crippen molar-refractivity contribution in [3.63, 3.8) is 0 Å². The summed E-state index contributed by atoms with van der Waals surface area (Å²) in [5, 5.41) is 14.6. The van der Waals surface area contributed by atoms with Crippen molar-refractivity contribution < 1.29 is 9.47 Å². The van der Waals surface area contributed by atoms with E-state index < -0.39 is 0 Å². The van der Waals surface area contributed by atoms with Crippen LogP contribution in [-0.4, -0.2) is 42.7 Å². The van der Waals surface area contributed by atoms with Crippen molar-refractivity contribution in [2.75, 3.05) is 25.6 Å². The van der Waals surface area contributed by atoms with Crippen molar-refractivity contribution in [1.82, 2.24) is 10.2 Å². The second-order valence-electron chi connectivity index (χ2n) is 6.26. The Morgan fingerprint density at radius 1 is 1.27 bits per heavy atom.